The number of methoxy groups -OCH3 is 1. The molecule has 86 valence electrons. The number of anilines is 1. The number of aromatic nitrogens is 3. The van der Waals surface area contributed by atoms with Crippen molar-refractivity contribution >= 4 is 17.3 Å². The van der Waals surface area contributed by atoms with Gasteiger partial charge in [0.25, 0.3) is 0 Å². The number of imidazole rings is 1. The first-order chi connectivity index (χ1) is 7.90. The largest absolute Gasteiger partial charge is 0.383 e. The Balaban J connectivity index is 1.91. The van der Waals surface area contributed by atoms with Gasteiger partial charge in [-0.25, -0.2) is 4.98 Å². The van der Waals surface area contributed by atoms with Gasteiger partial charge in [0.2, 0.25) is 5.95 Å². The predicted molar refractivity (Wildman–Crippen MR) is 63.5 cm³/mol. The zero-order valence-corrected chi connectivity index (χ0v) is 9.91. The van der Waals surface area contributed by atoms with Crippen molar-refractivity contribution in [2.24, 2.45) is 0 Å². The van der Waals surface area contributed by atoms with E-state index in [-0.39, 0.29) is 0 Å². The number of rotatable bonds is 6. The van der Waals surface area contributed by atoms with Crippen LogP contribution in [0.25, 0.3) is 0 Å². The summed E-state index contributed by atoms with van der Waals surface area (Å²) in [6.45, 7) is 2.25. The van der Waals surface area contributed by atoms with Gasteiger partial charge in [0.15, 0.2) is 0 Å². The van der Waals surface area contributed by atoms with E-state index >= 15 is 0 Å². The predicted octanol–water partition coefficient (Wildman–Crippen LogP) is 1.60. The van der Waals surface area contributed by atoms with E-state index in [1.165, 1.54) is 4.88 Å². The smallest absolute Gasteiger partial charge is 0.203 e. The van der Waals surface area contributed by atoms with Gasteiger partial charge in [-0.3, -0.25) is 4.98 Å². The van der Waals surface area contributed by atoms with Gasteiger partial charge in [-0.1, -0.05) is 0 Å². The van der Waals surface area contributed by atoms with Crippen LogP contribution in [0.1, 0.15) is 4.88 Å². The third-order valence-electron chi connectivity index (χ3n) is 2.16. The van der Waals surface area contributed by atoms with Crippen molar-refractivity contribution < 1.29 is 4.74 Å². The Kier molecular flexibility index (Phi) is 3.90. The molecule has 0 aliphatic carbocycles. The molecule has 0 radical (unpaired) electrons. The number of hydrogen-bond acceptors (Lipinski definition) is 5. The van der Waals surface area contributed by atoms with Crippen molar-refractivity contribution in [1.82, 2.24) is 14.5 Å². The first kappa shape index (κ1) is 11.1. The molecule has 0 atom stereocenters. The van der Waals surface area contributed by atoms with Crippen molar-refractivity contribution in [3.8, 4) is 0 Å². The zero-order chi connectivity index (χ0) is 11.2. The molecule has 16 heavy (non-hydrogen) atoms. The van der Waals surface area contributed by atoms with Crippen molar-refractivity contribution in [1.29, 1.82) is 0 Å². The summed E-state index contributed by atoms with van der Waals surface area (Å²) in [5.74, 6) is 0.866. The Morgan fingerprint density at radius 1 is 1.56 bits per heavy atom. The van der Waals surface area contributed by atoms with Gasteiger partial charge < -0.3 is 14.6 Å². The highest BCUT2D eigenvalue weighted by atomic mass is 32.1. The average Bonchev–Trinajstić information content (AvgIpc) is 2.94. The Hall–Kier alpha value is -1.40. The molecule has 0 unspecified atom stereocenters. The molecule has 0 spiro atoms. The van der Waals surface area contributed by atoms with Crippen LogP contribution in [0, 0.1) is 0 Å². The lowest BCUT2D eigenvalue weighted by atomic mass is 10.5. The highest BCUT2D eigenvalue weighted by Gasteiger charge is 2.02. The molecular formula is C10H14N4OS. The average molecular weight is 238 g/mol. The second kappa shape index (κ2) is 5.62. The Morgan fingerprint density at radius 3 is 3.25 bits per heavy atom. The van der Waals surface area contributed by atoms with Crippen molar-refractivity contribution in [3.63, 3.8) is 0 Å². The summed E-state index contributed by atoms with van der Waals surface area (Å²) in [6.07, 6.45) is 5.58. The van der Waals surface area contributed by atoms with Gasteiger partial charge in [0.05, 0.1) is 18.7 Å². The second-order valence-electron chi connectivity index (χ2n) is 3.26. The molecule has 5 nitrogen and oxygen atoms in total. The fourth-order valence-corrected chi connectivity index (χ4v) is 1.88. The van der Waals surface area contributed by atoms with Gasteiger partial charge in [0.1, 0.15) is 0 Å². The van der Waals surface area contributed by atoms with Crippen molar-refractivity contribution in [3.05, 3.63) is 29.0 Å². The minimum absolute atomic E-state index is 0.686. The minimum atomic E-state index is 0.686. The van der Waals surface area contributed by atoms with Crippen LogP contribution >= 0.6 is 11.3 Å². The highest BCUT2D eigenvalue weighted by Crippen LogP contribution is 2.10. The molecule has 0 amide bonds. The first-order valence-electron chi connectivity index (χ1n) is 5.01. The van der Waals surface area contributed by atoms with Gasteiger partial charge >= 0.3 is 0 Å². The molecule has 0 aliphatic heterocycles. The Labute approximate surface area is 98.1 Å². The molecule has 0 aliphatic rings. The first-order valence-corrected chi connectivity index (χ1v) is 5.89. The summed E-state index contributed by atoms with van der Waals surface area (Å²) < 4.78 is 7.07. The van der Waals surface area contributed by atoms with Crippen LogP contribution in [0.4, 0.5) is 5.95 Å². The van der Waals surface area contributed by atoms with Crippen LogP contribution in [0.2, 0.25) is 0 Å². The summed E-state index contributed by atoms with van der Waals surface area (Å²) in [6, 6.07) is 0. The standard InChI is InChI=1S/C10H14N4OS/c1-15-5-4-14-3-2-12-10(14)13-7-9-6-11-8-16-9/h2-3,6,8H,4-5,7H2,1H3,(H,12,13). The summed E-state index contributed by atoms with van der Waals surface area (Å²) in [4.78, 5) is 9.47. The third kappa shape index (κ3) is 2.80. The molecule has 2 aromatic rings. The van der Waals surface area contributed by atoms with E-state index < -0.39 is 0 Å². The fourth-order valence-electron chi connectivity index (χ4n) is 1.34. The molecule has 0 aromatic carbocycles. The normalized spacial score (nSPS) is 10.6. The van der Waals surface area contributed by atoms with Gasteiger partial charge in [0, 0.05) is 37.1 Å². The number of hydrogen-bond donors (Lipinski definition) is 1. The van der Waals surface area contributed by atoms with Crippen LogP contribution < -0.4 is 5.32 Å². The summed E-state index contributed by atoms with van der Waals surface area (Å²) >= 11 is 1.63. The lowest BCUT2D eigenvalue weighted by molar-refractivity contribution is 0.187. The number of ether oxygens (including phenoxy) is 1. The Morgan fingerprint density at radius 2 is 2.50 bits per heavy atom. The number of nitrogens with one attached hydrogen (secondary N) is 1. The van der Waals surface area contributed by atoms with Crippen LogP contribution in [-0.2, 0) is 17.8 Å². The van der Waals surface area contributed by atoms with Crippen molar-refractivity contribution in [2.75, 3.05) is 19.0 Å². The monoisotopic (exact) mass is 238 g/mol. The van der Waals surface area contributed by atoms with E-state index in [1.54, 1.807) is 24.6 Å². The molecule has 0 fully saturated rings. The van der Waals surface area contributed by atoms with Crippen LogP contribution in [0.15, 0.2) is 24.1 Å². The molecule has 0 bridgehead atoms. The quantitative estimate of drug-likeness (QED) is 0.830. The topological polar surface area (TPSA) is 52.0 Å². The van der Waals surface area contributed by atoms with E-state index in [4.69, 9.17) is 4.74 Å². The van der Waals surface area contributed by atoms with E-state index in [1.807, 2.05) is 22.5 Å². The molecular weight excluding hydrogens is 224 g/mol. The maximum atomic E-state index is 5.04. The van der Waals surface area contributed by atoms with Crippen LogP contribution in [0.5, 0.6) is 0 Å². The number of thiazole rings is 1. The maximum Gasteiger partial charge on any atom is 0.203 e. The van der Waals surface area contributed by atoms with Crippen molar-refractivity contribution in [2.45, 2.75) is 13.1 Å². The maximum absolute atomic E-state index is 5.04. The molecule has 1 N–H and O–H groups in total. The van der Waals surface area contributed by atoms with E-state index in [9.17, 15) is 0 Å². The fraction of sp³-hybridized carbons (Fsp3) is 0.400. The lowest BCUT2D eigenvalue weighted by Crippen LogP contribution is -2.09. The second-order valence-corrected chi connectivity index (χ2v) is 4.23. The van der Waals surface area contributed by atoms with Gasteiger partial charge in [-0.2, -0.15) is 0 Å². The molecule has 0 saturated heterocycles. The summed E-state index contributed by atoms with van der Waals surface area (Å²) in [5.41, 5.74) is 1.83. The minimum Gasteiger partial charge on any atom is -0.383 e. The molecule has 2 heterocycles. The van der Waals surface area contributed by atoms with E-state index in [0.29, 0.717) is 6.61 Å². The molecule has 2 rings (SSSR count). The van der Waals surface area contributed by atoms with Crippen LogP contribution in [-0.4, -0.2) is 28.3 Å². The van der Waals surface area contributed by atoms with Crippen LogP contribution in [0.3, 0.4) is 0 Å². The summed E-state index contributed by atoms with van der Waals surface area (Å²) in [5, 5.41) is 3.27. The molecule has 0 saturated carbocycles. The van der Waals surface area contributed by atoms with Gasteiger partial charge in [-0.05, 0) is 0 Å². The number of nitrogens with zero attached hydrogens (tertiary/aromatic N) is 3. The van der Waals surface area contributed by atoms with Gasteiger partial charge in [-0.15, -0.1) is 11.3 Å². The Bertz CT molecular complexity index is 412. The van der Waals surface area contributed by atoms with E-state index in [2.05, 4.69) is 15.3 Å². The SMILES string of the molecule is COCCn1ccnc1NCc1cncs1. The van der Waals surface area contributed by atoms with E-state index in [0.717, 1.165) is 19.0 Å². The highest BCUT2D eigenvalue weighted by molar-refractivity contribution is 7.09. The molecule has 6 heteroatoms. The molecule has 2 aromatic heterocycles. The summed E-state index contributed by atoms with van der Waals surface area (Å²) in [7, 11) is 1.70. The lowest BCUT2D eigenvalue weighted by Gasteiger charge is -2.08. The zero-order valence-electron chi connectivity index (χ0n) is 9.09. The third-order valence-corrected chi connectivity index (χ3v) is 2.94.